The van der Waals surface area contributed by atoms with Gasteiger partial charge in [0.15, 0.2) is 0 Å². The van der Waals surface area contributed by atoms with E-state index in [0.717, 1.165) is 25.7 Å². The molecule has 1 amide bonds. The second-order valence-corrected chi connectivity index (χ2v) is 7.36. The van der Waals surface area contributed by atoms with E-state index in [-0.39, 0.29) is 23.2 Å². The van der Waals surface area contributed by atoms with Crippen LogP contribution in [0.25, 0.3) is 0 Å². The summed E-state index contributed by atoms with van der Waals surface area (Å²) in [5, 5.41) is 2.40. The molecule has 112 valence electrons. The molecule has 0 saturated heterocycles. The topological polar surface area (TPSA) is 68.2 Å². The van der Waals surface area contributed by atoms with Crippen LogP contribution in [0.5, 0.6) is 0 Å². The molecule has 1 fully saturated rings. The van der Waals surface area contributed by atoms with Gasteiger partial charge in [-0.25, -0.2) is 12.8 Å². The standard InChI is InChI=1S/C12H16ClFN2O3S/c13-20(18,19)10-7-11(12(17)15-6-5-14)16(8-10)9-3-1-2-4-9/h7-9H,1-6H2,(H,15,17). The summed E-state index contributed by atoms with van der Waals surface area (Å²) in [4.78, 5) is 11.9. The van der Waals surface area contributed by atoms with Crippen LogP contribution in [0.3, 0.4) is 0 Å². The van der Waals surface area contributed by atoms with E-state index < -0.39 is 21.6 Å². The average molecular weight is 323 g/mol. The summed E-state index contributed by atoms with van der Waals surface area (Å²) in [6.07, 6.45) is 5.25. The Morgan fingerprint density at radius 1 is 1.45 bits per heavy atom. The normalized spacial score (nSPS) is 16.5. The van der Waals surface area contributed by atoms with E-state index in [0.29, 0.717) is 0 Å². The largest absolute Gasteiger partial charge is 0.348 e. The second-order valence-electron chi connectivity index (χ2n) is 4.79. The Bertz CT molecular complexity index is 594. The maximum absolute atomic E-state index is 12.1. The maximum Gasteiger partial charge on any atom is 0.268 e. The highest BCUT2D eigenvalue weighted by Crippen LogP contribution is 2.32. The van der Waals surface area contributed by atoms with Crippen LogP contribution in [-0.4, -0.2) is 32.1 Å². The summed E-state index contributed by atoms with van der Waals surface area (Å²) in [6, 6.07) is 1.34. The first-order valence-electron chi connectivity index (χ1n) is 6.44. The van der Waals surface area contributed by atoms with E-state index in [9.17, 15) is 17.6 Å². The molecule has 0 unspecified atom stereocenters. The van der Waals surface area contributed by atoms with E-state index >= 15 is 0 Å². The van der Waals surface area contributed by atoms with E-state index in [1.807, 2.05) is 0 Å². The number of amides is 1. The van der Waals surface area contributed by atoms with Gasteiger partial charge in [0.25, 0.3) is 15.0 Å². The zero-order valence-electron chi connectivity index (χ0n) is 10.8. The molecular formula is C12H16ClFN2O3S. The molecule has 2 rings (SSSR count). The monoisotopic (exact) mass is 322 g/mol. The van der Waals surface area contributed by atoms with Gasteiger partial charge in [0, 0.05) is 29.5 Å². The molecule has 8 heteroatoms. The van der Waals surface area contributed by atoms with Crippen LogP contribution in [0.2, 0.25) is 0 Å². The fraction of sp³-hybridized carbons (Fsp3) is 0.583. The third-order valence-electron chi connectivity index (χ3n) is 3.44. The van der Waals surface area contributed by atoms with Gasteiger partial charge in [0.1, 0.15) is 17.3 Å². The zero-order chi connectivity index (χ0) is 14.8. The van der Waals surface area contributed by atoms with Crippen LogP contribution >= 0.6 is 10.7 Å². The lowest BCUT2D eigenvalue weighted by Crippen LogP contribution is -2.28. The highest BCUT2D eigenvalue weighted by Gasteiger charge is 2.25. The molecule has 0 atom stereocenters. The second kappa shape index (κ2) is 6.13. The number of hydrogen-bond donors (Lipinski definition) is 1. The number of nitrogens with zero attached hydrogens (tertiary/aromatic N) is 1. The predicted octanol–water partition coefficient (Wildman–Crippen LogP) is 2.23. The van der Waals surface area contributed by atoms with Gasteiger partial charge >= 0.3 is 0 Å². The first-order chi connectivity index (χ1) is 9.43. The van der Waals surface area contributed by atoms with Crippen molar-refractivity contribution in [3.8, 4) is 0 Å². The van der Waals surface area contributed by atoms with Crippen molar-refractivity contribution < 1.29 is 17.6 Å². The quantitative estimate of drug-likeness (QED) is 0.845. The zero-order valence-corrected chi connectivity index (χ0v) is 12.4. The third kappa shape index (κ3) is 3.32. The number of alkyl halides is 1. The lowest BCUT2D eigenvalue weighted by atomic mass is 10.2. The van der Waals surface area contributed by atoms with E-state index in [2.05, 4.69) is 5.32 Å². The first-order valence-corrected chi connectivity index (χ1v) is 8.75. The molecule has 1 aliphatic rings. The summed E-state index contributed by atoms with van der Waals surface area (Å²) >= 11 is 0. The molecule has 0 aromatic carbocycles. The van der Waals surface area contributed by atoms with Crippen molar-refractivity contribution in [2.45, 2.75) is 36.6 Å². The fourth-order valence-corrected chi connectivity index (χ4v) is 3.25. The summed E-state index contributed by atoms with van der Waals surface area (Å²) in [5.74, 6) is -0.485. The first kappa shape index (κ1) is 15.3. The Morgan fingerprint density at radius 2 is 2.10 bits per heavy atom. The number of aromatic nitrogens is 1. The van der Waals surface area contributed by atoms with E-state index in [1.54, 1.807) is 4.57 Å². The van der Waals surface area contributed by atoms with Crippen molar-refractivity contribution in [1.29, 1.82) is 0 Å². The summed E-state index contributed by atoms with van der Waals surface area (Å²) in [6.45, 7) is -0.770. The highest BCUT2D eigenvalue weighted by atomic mass is 35.7. The van der Waals surface area contributed by atoms with Crippen molar-refractivity contribution >= 4 is 25.6 Å². The van der Waals surface area contributed by atoms with Gasteiger partial charge in [0.05, 0.1) is 0 Å². The molecule has 1 aromatic rings. The molecule has 1 saturated carbocycles. The minimum atomic E-state index is -3.89. The van der Waals surface area contributed by atoms with Crippen LogP contribution in [0.1, 0.15) is 42.2 Å². The smallest absolute Gasteiger partial charge is 0.268 e. The van der Waals surface area contributed by atoms with E-state index in [1.165, 1.54) is 12.3 Å². The molecule has 1 aromatic heterocycles. The molecule has 0 bridgehead atoms. The predicted molar refractivity (Wildman–Crippen MR) is 73.3 cm³/mol. The molecule has 1 aliphatic carbocycles. The molecule has 0 aliphatic heterocycles. The summed E-state index contributed by atoms with van der Waals surface area (Å²) in [5.41, 5.74) is 0.213. The van der Waals surface area contributed by atoms with E-state index in [4.69, 9.17) is 10.7 Å². The van der Waals surface area contributed by atoms with Crippen LogP contribution in [0.4, 0.5) is 4.39 Å². The van der Waals surface area contributed by atoms with Crippen LogP contribution < -0.4 is 5.32 Å². The molecular weight excluding hydrogens is 307 g/mol. The number of nitrogens with one attached hydrogen (secondary N) is 1. The molecule has 5 nitrogen and oxygen atoms in total. The lowest BCUT2D eigenvalue weighted by molar-refractivity contribution is 0.0939. The van der Waals surface area contributed by atoms with Crippen molar-refractivity contribution in [1.82, 2.24) is 9.88 Å². The number of halogens is 2. The van der Waals surface area contributed by atoms with Crippen molar-refractivity contribution in [3.05, 3.63) is 18.0 Å². The number of rotatable bonds is 5. The Balaban J connectivity index is 2.36. The number of hydrogen-bond acceptors (Lipinski definition) is 3. The highest BCUT2D eigenvalue weighted by molar-refractivity contribution is 8.13. The Labute approximate surface area is 121 Å². The van der Waals surface area contributed by atoms with Gasteiger partial charge in [-0.1, -0.05) is 12.8 Å². The average Bonchev–Trinajstić information content (AvgIpc) is 3.02. The van der Waals surface area contributed by atoms with Crippen LogP contribution in [0, 0.1) is 0 Å². The molecule has 0 radical (unpaired) electrons. The van der Waals surface area contributed by atoms with Gasteiger partial charge in [0.2, 0.25) is 0 Å². The number of carbonyl (C=O) groups excluding carboxylic acids is 1. The summed E-state index contributed by atoms with van der Waals surface area (Å²) < 4.78 is 36.6. The number of carbonyl (C=O) groups is 1. The molecule has 0 spiro atoms. The minimum Gasteiger partial charge on any atom is -0.348 e. The van der Waals surface area contributed by atoms with Crippen LogP contribution in [-0.2, 0) is 9.05 Å². The van der Waals surface area contributed by atoms with Crippen molar-refractivity contribution in [3.63, 3.8) is 0 Å². The lowest BCUT2D eigenvalue weighted by Gasteiger charge is -2.15. The molecule has 1 heterocycles. The third-order valence-corrected chi connectivity index (χ3v) is 4.76. The Hall–Kier alpha value is -1.08. The van der Waals surface area contributed by atoms with Gasteiger partial charge in [-0.3, -0.25) is 4.79 Å². The maximum atomic E-state index is 12.1. The Morgan fingerprint density at radius 3 is 2.65 bits per heavy atom. The van der Waals surface area contributed by atoms with Crippen molar-refractivity contribution in [2.75, 3.05) is 13.2 Å². The Kier molecular flexibility index (Phi) is 4.70. The summed E-state index contributed by atoms with van der Waals surface area (Å²) in [7, 11) is 1.44. The van der Waals surface area contributed by atoms with Crippen molar-refractivity contribution in [2.24, 2.45) is 0 Å². The minimum absolute atomic E-state index is 0.0910. The van der Waals surface area contributed by atoms with Crippen LogP contribution in [0.15, 0.2) is 17.2 Å². The van der Waals surface area contributed by atoms with Gasteiger partial charge in [-0.05, 0) is 18.9 Å². The van der Waals surface area contributed by atoms with Gasteiger partial charge < -0.3 is 9.88 Å². The fourth-order valence-electron chi connectivity index (χ4n) is 2.51. The van der Waals surface area contributed by atoms with Gasteiger partial charge in [-0.2, -0.15) is 0 Å². The molecule has 1 N–H and O–H groups in total. The SMILES string of the molecule is O=C(NCCF)c1cc(S(=O)(=O)Cl)cn1C1CCCC1. The molecule has 20 heavy (non-hydrogen) atoms. The van der Waals surface area contributed by atoms with Gasteiger partial charge in [-0.15, -0.1) is 0 Å².